The Balaban J connectivity index is 1.39. The van der Waals surface area contributed by atoms with Gasteiger partial charge in [0.05, 0.1) is 12.2 Å². The SMILES string of the molecule is CCn1c(CC(=O)Nc2cc(C)ccc2C)nnc1SCC(=O)N1CCc2ccccc21. The lowest BCUT2D eigenvalue weighted by Crippen LogP contribution is -2.30. The fourth-order valence-corrected chi connectivity index (χ4v) is 4.78. The highest BCUT2D eigenvalue weighted by Gasteiger charge is 2.25. The fourth-order valence-electron chi connectivity index (χ4n) is 3.88. The molecule has 7 nitrogen and oxygen atoms in total. The molecular formula is C24H27N5O2S. The Morgan fingerprint density at radius 3 is 2.75 bits per heavy atom. The van der Waals surface area contributed by atoms with Crippen molar-refractivity contribution in [3.05, 3.63) is 65.0 Å². The van der Waals surface area contributed by atoms with Crippen LogP contribution in [0.2, 0.25) is 0 Å². The van der Waals surface area contributed by atoms with E-state index in [0.29, 0.717) is 24.1 Å². The van der Waals surface area contributed by atoms with Crippen molar-refractivity contribution in [3.8, 4) is 0 Å². The molecule has 2 amide bonds. The topological polar surface area (TPSA) is 80.1 Å². The molecule has 0 unspecified atom stereocenters. The number of aromatic nitrogens is 3. The van der Waals surface area contributed by atoms with E-state index >= 15 is 0 Å². The van der Waals surface area contributed by atoms with E-state index in [1.165, 1.54) is 17.3 Å². The van der Waals surface area contributed by atoms with Crippen LogP contribution in [0.3, 0.4) is 0 Å². The number of thioether (sulfide) groups is 1. The smallest absolute Gasteiger partial charge is 0.237 e. The maximum atomic E-state index is 12.8. The van der Waals surface area contributed by atoms with Crippen LogP contribution in [0.5, 0.6) is 0 Å². The number of nitrogens with zero attached hydrogens (tertiary/aromatic N) is 4. The maximum Gasteiger partial charge on any atom is 0.237 e. The maximum absolute atomic E-state index is 12.8. The minimum Gasteiger partial charge on any atom is -0.325 e. The summed E-state index contributed by atoms with van der Waals surface area (Å²) in [6, 6.07) is 14.0. The third-order valence-corrected chi connectivity index (χ3v) is 6.56. The van der Waals surface area contributed by atoms with Crippen molar-refractivity contribution < 1.29 is 9.59 Å². The number of aryl methyl sites for hydroxylation is 2. The van der Waals surface area contributed by atoms with Crippen molar-refractivity contribution in [2.45, 2.75) is 45.3 Å². The first-order valence-corrected chi connectivity index (χ1v) is 11.7. The molecule has 0 radical (unpaired) electrons. The Hall–Kier alpha value is -3.13. The molecule has 1 N–H and O–H groups in total. The van der Waals surface area contributed by atoms with Gasteiger partial charge in [0, 0.05) is 24.5 Å². The van der Waals surface area contributed by atoms with Crippen molar-refractivity contribution in [2.24, 2.45) is 0 Å². The highest BCUT2D eigenvalue weighted by Crippen LogP contribution is 2.29. The average molecular weight is 450 g/mol. The number of hydrogen-bond donors (Lipinski definition) is 1. The second-order valence-corrected chi connectivity index (χ2v) is 8.84. The molecule has 8 heteroatoms. The van der Waals surface area contributed by atoms with Gasteiger partial charge in [0.2, 0.25) is 11.8 Å². The van der Waals surface area contributed by atoms with Gasteiger partial charge in [0.25, 0.3) is 0 Å². The van der Waals surface area contributed by atoms with Gasteiger partial charge in [-0.3, -0.25) is 9.59 Å². The molecule has 0 atom stereocenters. The van der Waals surface area contributed by atoms with E-state index in [9.17, 15) is 9.59 Å². The first kappa shape index (κ1) is 22.1. The van der Waals surface area contributed by atoms with Gasteiger partial charge in [-0.15, -0.1) is 10.2 Å². The molecule has 4 rings (SSSR count). The van der Waals surface area contributed by atoms with Gasteiger partial charge in [-0.05, 0) is 56.0 Å². The van der Waals surface area contributed by atoms with Crippen molar-refractivity contribution in [1.29, 1.82) is 0 Å². The van der Waals surface area contributed by atoms with Crippen LogP contribution < -0.4 is 10.2 Å². The Bertz CT molecular complexity index is 1160. The number of rotatable bonds is 7. The summed E-state index contributed by atoms with van der Waals surface area (Å²) in [6.45, 7) is 7.28. The fraction of sp³-hybridized carbons (Fsp3) is 0.333. The van der Waals surface area contributed by atoms with Gasteiger partial charge in [0.15, 0.2) is 5.16 Å². The molecule has 1 aliphatic heterocycles. The van der Waals surface area contributed by atoms with Gasteiger partial charge in [-0.25, -0.2) is 0 Å². The van der Waals surface area contributed by atoms with Crippen LogP contribution in [0.25, 0.3) is 0 Å². The van der Waals surface area contributed by atoms with Crippen molar-refractivity contribution >= 4 is 35.0 Å². The predicted molar refractivity (Wildman–Crippen MR) is 127 cm³/mol. The highest BCUT2D eigenvalue weighted by molar-refractivity contribution is 7.99. The highest BCUT2D eigenvalue weighted by atomic mass is 32.2. The first-order valence-electron chi connectivity index (χ1n) is 10.8. The van der Waals surface area contributed by atoms with Crippen molar-refractivity contribution in [3.63, 3.8) is 0 Å². The number of fused-ring (bicyclic) bond motifs is 1. The molecule has 0 bridgehead atoms. The van der Waals surface area contributed by atoms with Gasteiger partial charge in [0.1, 0.15) is 5.82 Å². The molecule has 0 aliphatic carbocycles. The molecule has 0 saturated carbocycles. The molecule has 32 heavy (non-hydrogen) atoms. The molecule has 2 heterocycles. The van der Waals surface area contributed by atoms with Crippen LogP contribution in [-0.2, 0) is 29.0 Å². The van der Waals surface area contributed by atoms with Crippen LogP contribution in [-0.4, -0.2) is 38.9 Å². The van der Waals surface area contributed by atoms with Crippen molar-refractivity contribution in [1.82, 2.24) is 14.8 Å². The standard InChI is InChI=1S/C24H27N5O2S/c1-4-28-21(14-22(30)25-19-13-16(2)9-10-17(19)3)26-27-24(28)32-15-23(31)29-12-11-18-7-5-6-8-20(18)29/h5-10,13H,4,11-12,14-15H2,1-3H3,(H,25,30). The number of benzene rings is 2. The summed E-state index contributed by atoms with van der Waals surface area (Å²) >= 11 is 1.36. The zero-order valence-corrected chi connectivity index (χ0v) is 19.4. The predicted octanol–water partition coefficient (Wildman–Crippen LogP) is 3.78. The second kappa shape index (κ2) is 9.56. The zero-order valence-electron chi connectivity index (χ0n) is 18.6. The monoisotopic (exact) mass is 449 g/mol. The van der Waals surface area contributed by atoms with E-state index < -0.39 is 0 Å². The number of hydrogen-bond acceptors (Lipinski definition) is 5. The van der Waals surface area contributed by atoms with Gasteiger partial charge < -0.3 is 14.8 Å². The van der Waals surface area contributed by atoms with Crippen LogP contribution in [0.15, 0.2) is 47.6 Å². The Morgan fingerprint density at radius 2 is 1.94 bits per heavy atom. The first-order chi connectivity index (χ1) is 15.5. The molecule has 0 spiro atoms. The Labute approximate surface area is 192 Å². The molecule has 1 aromatic heterocycles. The summed E-state index contributed by atoms with van der Waals surface area (Å²) in [5.74, 6) is 0.792. The summed E-state index contributed by atoms with van der Waals surface area (Å²) in [5, 5.41) is 12.1. The summed E-state index contributed by atoms with van der Waals surface area (Å²) < 4.78 is 1.90. The van der Waals surface area contributed by atoms with E-state index in [2.05, 4.69) is 21.6 Å². The number of anilines is 2. The van der Waals surface area contributed by atoms with Gasteiger partial charge in [-0.1, -0.05) is 42.1 Å². The third kappa shape index (κ3) is 4.70. The van der Waals surface area contributed by atoms with Crippen LogP contribution in [0.1, 0.15) is 29.4 Å². The van der Waals surface area contributed by atoms with E-state index in [1.807, 2.05) is 66.6 Å². The van der Waals surface area contributed by atoms with Crippen LogP contribution in [0, 0.1) is 13.8 Å². The molecule has 0 fully saturated rings. The molecule has 166 valence electrons. The van der Waals surface area contributed by atoms with Crippen molar-refractivity contribution in [2.75, 3.05) is 22.5 Å². The molecular weight excluding hydrogens is 422 g/mol. The number of carbonyl (C=O) groups is 2. The van der Waals surface area contributed by atoms with E-state index in [1.54, 1.807) is 0 Å². The summed E-state index contributed by atoms with van der Waals surface area (Å²) in [5.41, 5.74) is 5.12. The molecule has 0 saturated heterocycles. The lowest BCUT2D eigenvalue weighted by molar-refractivity contribution is -0.116. The number of para-hydroxylation sites is 1. The lowest BCUT2D eigenvalue weighted by atomic mass is 10.1. The summed E-state index contributed by atoms with van der Waals surface area (Å²) in [6.07, 6.45) is 1.01. The van der Waals surface area contributed by atoms with Gasteiger partial charge >= 0.3 is 0 Å². The minimum atomic E-state index is -0.137. The Kier molecular flexibility index (Phi) is 6.60. The normalized spacial score (nSPS) is 12.7. The lowest BCUT2D eigenvalue weighted by Gasteiger charge is -2.17. The Morgan fingerprint density at radius 1 is 1.12 bits per heavy atom. The van der Waals surface area contributed by atoms with Crippen LogP contribution in [0.4, 0.5) is 11.4 Å². The molecule has 1 aliphatic rings. The number of carbonyl (C=O) groups excluding carboxylic acids is 2. The number of nitrogens with one attached hydrogen (secondary N) is 1. The zero-order chi connectivity index (χ0) is 22.7. The summed E-state index contributed by atoms with van der Waals surface area (Å²) in [4.78, 5) is 27.3. The average Bonchev–Trinajstić information content (AvgIpc) is 3.38. The van der Waals surface area contributed by atoms with E-state index in [-0.39, 0.29) is 24.0 Å². The quantitative estimate of drug-likeness (QED) is 0.556. The third-order valence-electron chi connectivity index (χ3n) is 5.61. The molecule has 2 aromatic carbocycles. The largest absolute Gasteiger partial charge is 0.325 e. The molecule has 3 aromatic rings. The minimum absolute atomic E-state index is 0.0554. The second-order valence-electron chi connectivity index (χ2n) is 7.90. The number of amides is 2. The summed E-state index contributed by atoms with van der Waals surface area (Å²) in [7, 11) is 0. The van der Waals surface area contributed by atoms with E-state index in [4.69, 9.17) is 0 Å². The van der Waals surface area contributed by atoms with Gasteiger partial charge in [-0.2, -0.15) is 0 Å². The van der Waals surface area contributed by atoms with E-state index in [0.717, 1.165) is 28.9 Å². The van der Waals surface area contributed by atoms with Crippen LogP contribution >= 0.6 is 11.8 Å².